The second-order valence-electron chi connectivity index (χ2n) is 4.35. The largest absolute Gasteiger partial charge is 0.494 e. The van der Waals surface area contributed by atoms with Gasteiger partial charge >= 0.3 is 0 Å². The van der Waals surface area contributed by atoms with Crippen LogP contribution < -0.4 is 4.74 Å². The van der Waals surface area contributed by atoms with Crippen LogP contribution in [0.1, 0.15) is 17.2 Å². The minimum Gasteiger partial charge on any atom is -0.494 e. The first-order valence-electron chi connectivity index (χ1n) is 5.96. The summed E-state index contributed by atoms with van der Waals surface area (Å²) in [6.45, 7) is 0. The number of ether oxygens (including phenoxy) is 1. The summed E-state index contributed by atoms with van der Waals surface area (Å²) < 4.78 is 32.7. The van der Waals surface area contributed by atoms with Crippen LogP contribution in [0.3, 0.4) is 0 Å². The molecule has 106 valence electrons. The van der Waals surface area contributed by atoms with Crippen molar-refractivity contribution in [2.75, 3.05) is 7.11 Å². The normalized spacial score (nSPS) is 12.2. The van der Waals surface area contributed by atoms with Gasteiger partial charge in [-0.15, -0.1) is 0 Å². The highest BCUT2D eigenvalue weighted by atomic mass is 79.9. The lowest BCUT2D eigenvalue weighted by molar-refractivity contribution is 0.176. The molecule has 0 bridgehead atoms. The van der Waals surface area contributed by atoms with Crippen molar-refractivity contribution in [3.63, 3.8) is 0 Å². The number of methoxy groups -OCH3 is 1. The average Bonchev–Trinajstić information content (AvgIpc) is 2.41. The molecule has 0 saturated carbocycles. The SMILES string of the molecule is COc1ccc(C(O)Cc2ccc(Br)cc2F)cc1F. The molecule has 2 nitrogen and oxygen atoms in total. The Bertz CT molecular complexity index is 617. The van der Waals surface area contributed by atoms with Gasteiger partial charge in [-0.05, 0) is 35.4 Å². The molecule has 2 aromatic carbocycles. The zero-order valence-electron chi connectivity index (χ0n) is 10.7. The molecule has 20 heavy (non-hydrogen) atoms. The first-order valence-corrected chi connectivity index (χ1v) is 6.76. The van der Waals surface area contributed by atoms with E-state index in [1.54, 1.807) is 18.2 Å². The average molecular weight is 343 g/mol. The predicted octanol–water partition coefficient (Wildman–Crippen LogP) is 4.01. The molecule has 0 spiro atoms. The molecule has 2 aromatic rings. The Morgan fingerprint density at radius 1 is 1.15 bits per heavy atom. The van der Waals surface area contributed by atoms with Gasteiger partial charge in [-0.1, -0.05) is 28.1 Å². The summed E-state index contributed by atoms with van der Waals surface area (Å²) in [7, 11) is 1.37. The smallest absolute Gasteiger partial charge is 0.165 e. The van der Waals surface area contributed by atoms with Gasteiger partial charge in [-0.3, -0.25) is 0 Å². The Hall–Kier alpha value is -1.46. The van der Waals surface area contributed by atoms with E-state index in [1.807, 2.05) is 0 Å². The monoisotopic (exact) mass is 342 g/mol. The van der Waals surface area contributed by atoms with E-state index in [2.05, 4.69) is 15.9 Å². The van der Waals surface area contributed by atoms with Gasteiger partial charge < -0.3 is 9.84 Å². The van der Waals surface area contributed by atoms with Gasteiger partial charge in [0.05, 0.1) is 13.2 Å². The van der Waals surface area contributed by atoms with Crippen molar-refractivity contribution in [2.45, 2.75) is 12.5 Å². The van der Waals surface area contributed by atoms with Crippen molar-refractivity contribution in [2.24, 2.45) is 0 Å². The molecular formula is C15H13BrF2O2. The molecule has 1 N–H and O–H groups in total. The van der Waals surface area contributed by atoms with Crippen molar-refractivity contribution in [1.29, 1.82) is 0 Å². The molecular weight excluding hydrogens is 330 g/mol. The van der Waals surface area contributed by atoms with Gasteiger partial charge in [-0.2, -0.15) is 0 Å². The fourth-order valence-electron chi connectivity index (χ4n) is 1.90. The van der Waals surface area contributed by atoms with E-state index >= 15 is 0 Å². The van der Waals surface area contributed by atoms with Crippen molar-refractivity contribution < 1.29 is 18.6 Å². The van der Waals surface area contributed by atoms with Crippen LogP contribution in [0.4, 0.5) is 8.78 Å². The lowest BCUT2D eigenvalue weighted by atomic mass is 10.0. The predicted molar refractivity (Wildman–Crippen MR) is 75.7 cm³/mol. The van der Waals surface area contributed by atoms with Gasteiger partial charge in [0.1, 0.15) is 5.82 Å². The van der Waals surface area contributed by atoms with Gasteiger partial charge in [0, 0.05) is 10.9 Å². The maximum atomic E-state index is 13.7. The Balaban J connectivity index is 2.19. The molecule has 0 amide bonds. The topological polar surface area (TPSA) is 29.5 Å². The summed E-state index contributed by atoms with van der Waals surface area (Å²) in [6, 6.07) is 8.80. The van der Waals surface area contributed by atoms with Crippen LogP contribution >= 0.6 is 15.9 Å². The maximum Gasteiger partial charge on any atom is 0.165 e. The molecule has 0 aliphatic heterocycles. The van der Waals surface area contributed by atoms with Gasteiger partial charge in [0.25, 0.3) is 0 Å². The molecule has 0 heterocycles. The maximum absolute atomic E-state index is 13.7. The fraction of sp³-hybridized carbons (Fsp3) is 0.200. The number of benzene rings is 2. The molecule has 2 rings (SSSR count). The summed E-state index contributed by atoms with van der Waals surface area (Å²) >= 11 is 3.17. The third-order valence-corrected chi connectivity index (χ3v) is 3.48. The third-order valence-electron chi connectivity index (χ3n) is 2.99. The highest BCUT2D eigenvalue weighted by Gasteiger charge is 2.14. The minimum atomic E-state index is -0.980. The Morgan fingerprint density at radius 2 is 1.90 bits per heavy atom. The molecule has 5 heteroatoms. The van der Waals surface area contributed by atoms with Gasteiger partial charge in [-0.25, -0.2) is 8.78 Å². The van der Waals surface area contributed by atoms with Crippen LogP contribution in [0.5, 0.6) is 5.75 Å². The van der Waals surface area contributed by atoms with Crippen LogP contribution in [0, 0.1) is 11.6 Å². The van der Waals surface area contributed by atoms with Crippen LogP contribution in [-0.4, -0.2) is 12.2 Å². The fourth-order valence-corrected chi connectivity index (χ4v) is 2.24. The third kappa shape index (κ3) is 3.35. The second-order valence-corrected chi connectivity index (χ2v) is 5.27. The molecule has 0 aliphatic carbocycles. The van der Waals surface area contributed by atoms with E-state index in [1.165, 1.54) is 25.3 Å². The lowest BCUT2D eigenvalue weighted by Gasteiger charge is -2.13. The van der Waals surface area contributed by atoms with Crippen molar-refractivity contribution in [3.05, 3.63) is 63.6 Å². The summed E-state index contributed by atoms with van der Waals surface area (Å²) in [4.78, 5) is 0. The highest BCUT2D eigenvalue weighted by molar-refractivity contribution is 9.10. The quantitative estimate of drug-likeness (QED) is 0.909. The zero-order chi connectivity index (χ0) is 14.7. The molecule has 0 aliphatic rings. The van der Waals surface area contributed by atoms with E-state index in [0.717, 1.165) is 0 Å². The zero-order valence-corrected chi connectivity index (χ0v) is 12.3. The first kappa shape index (κ1) is 14.9. The number of rotatable bonds is 4. The summed E-state index contributed by atoms with van der Waals surface area (Å²) in [5.74, 6) is -0.858. The molecule has 0 fully saturated rings. The lowest BCUT2D eigenvalue weighted by Crippen LogP contribution is -2.04. The summed E-state index contributed by atoms with van der Waals surface area (Å²) in [5, 5.41) is 10.1. The van der Waals surface area contributed by atoms with Gasteiger partial charge in [0.15, 0.2) is 11.6 Å². The van der Waals surface area contributed by atoms with Crippen molar-refractivity contribution >= 4 is 15.9 Å². The Morgan fingerprint density at radius 3 is 2.50 bits per heavy atom. The molecule has 1 atom stereocenters. The Kier molecular flexibility index (Phi) is 4.73. The molecule has 0 radical (unpaired) electrons. The second kappa shape index (κ2) is 6.33. The standard InChI is InChI=1S/C15H13BrF2O2/c1-20-15-5-3-10(6-13(15)18)14(19)7-9-2-4-11(16)8-12(9)17/h2-6,8,14,19H,7H2,1H3. The van der Waals surface area contributed by atoms with E-state index in [-0.39, 0.29) is 12.2 Å². The van der Waals surface area contributed by atoms with E-state index in [9.17, 15) is 13.9 Å². The van der Waals surface area contributed by atoms with Crippen LogP contribution in [-0.2, 0) is 6.42 Å². The highest BCUT2D eigenvalue weighted by Crippen LogP contribution is 2.25. The number of hydrogen-bond acceptors (Lipinski definition) is 2. The molecule has 0 aromatic heterocycles. The van der Waals surface area contributed by atoms with Crippen molar-refractivity contribution in [3.8, 4) is 5.75 Å². The summed E-state index contributed by atoms with van der Waals surface area (Å²) in [6.07, 6.45) is -0.906. The number of aliphatic hydroxyl groups excluding tert-OH is 1. The van der Waals surface area contributed by atoms with Gasteiger partial charge in [0.2, 0.25) is 0 Å². The van der Waals surface area contributed by atoms with Crippen molar-refractivity contribution in [1.82, 2.24) is 0 Å². The van der Waals surface area contributed by atoms with E-state index in [4.69, 9.17) is 4.74 Å². The van der Waals surface area contributed by atoms with Crippen LogP contribution in [0.15, 0.2) is 40.9 Å². The summed E-state index contributed by atoms with van der Waals surface area (Å²) in [5.41, 5.74) is 0.752. The Labute approximate surface area is 124 Å². The first-order chi connectivity index (χ1) is 9.51. The van der Waals surface area contributed by atoms with Crippen LogP contribution in [0.2, 0.25) is 0 Å². The number of halogens is 3. The minimum absolute atomic E-state index is 0.0743. The van der Waals surface area contributed by atoms with E-state index < -0.39 is 17.7 Å². The van der Waals surface area contributed by atoms with E-state index in [0.29, 0.717) is 15.6 Å². The number of aliphatic hydroxyl groups is 1. The van der Waals surface area contributed by atoms with Crippen LogP contribution in [0.25, 0.3) is 0 Å². The molecule has 1 unspecified atom stereocenters. The number of hydrogen-bond donors (Lipinski definition) is 1. The molecule has 0 saturated heterocycles.